The Bertz CT molecular complexity index is 912. The van der Waals surface area contributed by atoms with Crippen LogP contribution in [-0.2, 0) is 6.42 Å². The number of aromatic nitrogens is 2. The number of hydrogen-bond acceptors (Lipinski definition) is 3. The van der Waals surface area contributed by atoms with Gasteiger partial charge in [0.05, 0.1) is 11.4 Å². The number of carbonyl (C=O) groups is 1. The van der Waals surface area contributed by atoms with E-state index in [2.05, 4.69) is 26.8 Å². The number of amides is 1. The number of nitrogens with zero attached hydrogens (tertiary/aromatic N) is 2. The number of fused-ring (bicyclic) bond motifs is 1. The minimum absolute atomic E-state index is 0.290. The fourth-order valence-electron chi connectivity index (χ4n) is 2.90. The van der Waals surface area contributed by atoms with Gasteiger partial charge in [0.15, 0.2) is 0 Å². The lowest BCUT2D eigenvalue weighted by Gasteiger charge is -2.01. The summed E-state index contributed by atoms with van der Waals surface area (Å²) >= 11 is 0. The average molecular weight is 316 g/mol. The van der Waals surface area contributed by atoms with Crippen LogP contribution in [-0.4, -0.2) is 21.8 Å². The second kappa shape index (κ2) is 6.12. The molecule has 0 saturated heterocycles. The van der Waals surface area contributed by atoms with E-state index in [1.807, 2.05) is 48.5 Å². The summed E-state index contributed by atoms with van der Waals surface area (Å²) < 4.78 is 0. The van der Waals surface area contributed by atoms with E-state index < -0.39 is 0 Å². The number of H-pyrrole nitrogens is 1. The molecule has 0 saturated carbocycles. The van der Waals surface area contributed by atoms with Gasteiger partial charge in [0, 0.05) is 11.1 Å². The molecular formula is C19H16N4O. The molecule has 1 heterocycles. The van der Waals surface area contributed by atoms with Crippen LogP contribution in [0.1, 0.15) is 28.0 Å². The third-order valence-corrected chi connectivity index (χ3v) is 4.14. The maximum absolute atomic E-state index is 12.3. The van der Waals surface area contributed by atoms with Crippen LogP contribution in [0.5, 0.6) is 0 Å². The molecule has 0 unspecified atom stereocenters. The van der Waals surface area contributed by atoms with Crippen LogP contribution in [0.4, 0.5) is 0 Å². The zero-order valence-electron chi connectivity index (χ0n) is 13.0. The lowest BCUT2D eigenvalue weighted by atomic mass is 10.1. The molecule has 0 spiro atoms. The number of nitrogens with one attached hydrogen (secondary N) is 2. The van der Waals surface area contributed by atoms with Crippen molar-refractivity contribution in [2.24, 2.45) is 5.10 Å². The lowest BCUT2D eigenvalue weighted by Crippen LogP contribution is -2.19. The molecule has 1 aromatic heterocycles. The van der Waals surface area contributed by atoms with E-state index in [0.717, 1.165) is 35.4 Å². The van der Waals surface area contributed by atoms with E-state index in [1.54, 1.807) is 6.07 Å². The van der Waals surface area contributed by atoms with E-state index in [1.165, 1.54) is 5.56 Å². The predicted molar refractivity (Wildman–Crippen MR) is 92.8 cm³/mol. The summed E-state index contributed by atoms with van der Waals surface area (Å²) in [5.41, 5.74) is 8.03. The molecule has 0 fully saturated rings. The maximum Gasteiger partial charge on any atom is 0.289 e. The fraction of sp³-hybridized carbons (Fsp3) is 0.105. The molecule has 5 nitrogen and oxygen atoms in total. The summed E-state index contributed by atoms with van der Waals surface area (Å²) in [5.74, 6) is -0.290. The second-order valence-corrected chi connectivity index (χ2v) is 5.69. The van der Waals surface area contributed by atoms with Crippen molar-refractivity contribution in [1.82, 2.24) is 15.6 Å². The highest BCUT2D eigenvalue weighted by Crippen LogP contribution is 2.22. The molecule has 3 aromatic rings. The van der Waals surface area contributed by atoms with Gasteiger partial charge in [0.2, 0.25) is 0 Å². The van der Waals surface area contributed by atoms with Crippen molar-refractivity contribution >= 4 is 11.6 Å². The SMILES string of the molecule is O=C(N/N=C1/CCc2ccccc21)c1cc(-c2ccccc2)n[nH]1. The number of rotatable bonds is 3. The Balaban J connectivity index is 1.50. The largest absolute Gasteiger partial charge is 0.289 e. The molecule has 1 aliphatic carbocycles. The molecule has 0 bridgehead atoms. The van der Waals surface area contributed by atoms with Gasteiger partial charge in [-0.05, 0) is 24.5 Å². The maximum atomic E-state index is 12.3. The Hall–Kier alpha value is -3.21. The molecular weight excluding hydrogens is 300 g/mol. The fourth-order valence-corrected chi connectivity index (χ4v) is 2.90. The number of aryl methyl sites for hydroxylation is 1. The molecule has 118 valence electrons. The summed E-state index contributed by atoms with van der Waals surface area (Å²) in [4.78, 5) is 12.3. The van der Waals surface area contributed by atoms with Gasteiger partial charge < -0.3 is 0 Å². The van der Waals surface area contributed by atoms with Gasteiger partial charge in [0.25, 0.3) is 5.91 Å². The first kappa shape index (κ1) is 14.4. The van der Waals surface area contributed by atoms with Gasteiger partial charge in [0.1, 0.15) is 5.69 Å². The van der Waals surface area contributed by atoms with E-state index in [0.29, 0.717) is 5.69 Å². The minimum atomic E-state index is -0.290. The zero-order valence-corrected chi connectivity index (χ0v) is 13.0. The number of hydrazone groups is 1. The van der Waals surface area contributed by atoms with Gasteiger partial charge >= 0.3 is 0 Å². The molecule has 2 aromatic carbocycles. The summed E-state index contributed by atoms with van der Waals surface area (Å²) in [6.07, 6.45) is 1.81. The standard InChI is InChI=1S/C19H16N4O/c24-19(18-12-17(21-22-18)14-7-2-1-3-8-14)23-20-16-11-10-13-6-4-5-9-15(13)16/h1-9,12H,10-11H2,(H,21,22)(H,23,24)/b20-16-. The van der Waals surface area contributed by atoms with Crippen LogP contribution in [0.15, 0.2) is 65.8 Å². The van der Waals surface area contributed by atoms with Crippen LogP contribution < -0.4 is 5.43 Å². The van der Waals surface area contributed by atoms with Crippen LogP contribution in [0, 0.1) is 0 Å². The minimum Gasteiger partial charge on any atom is -0.272 e. The van der Waals surface area contributed by atoms with E-state index in [-0.39, 0.29) is 5.91 Å². The third-order valence-electron chi connectivity index (χ3n) is 4.14. The molecule has 0 aliphatic heterocycles. The second-order valence-electron chi connectivity index (χ2n) is 5.69. The molecule has 2 N–H and O–H groups in total. The van der Waals surface area contributed by atoms with Crippen molar-refractivity contribution in [3.8, 4) is 11.3 Å². The summed E-state index contributed by atoms with van der Waals surface area (Å²) in [6, 6.07) is 19.6. The highest BCUT2D eigenvalue weighted by atomic mass is 16.2. The molecule has 0 radical (unpaired) electrons. The molecule has 5 heteroatoms. The van der Waals surface area contributed by atoms with Crippen molar-refractivity contribution in [2.45, 2.75) is 12.8 Å². The molecule has 24 heavy (non-hydrogen) atoms. The smallest absolute Gasteiger partial charge is 0.272 e. The molecule has 0 atom stereocenters. The summed E-state index contributed by atoms with van der Waals surface area (Å²) in [5, 5.41) is 11.2. The Morgan fingerprint density at radius 3 is 2.71 bits per heavy atom. The Morgan fingerprint density at radius 2 is 1.83 bits per heavy atom. The summed E-state index contributed by atoms with van der Waals surface area (Å²) in [7, 11) is 0. The number of carbonyl (C=O) groups excluding carboxylic acids is 1. The Labute approximate surface area is 139 Å². The Kier molecular flexibility index (Phi) is 3.67. The van der Waals surface area contributed by atoms with Crippen molar-refractivity contribution in [2.75, 3.05) is 0 Å². The first-order chi connectivity index (χ1) is 11.8. The number of aromatic amines is 1. The van der Waals surface area contributed by atoms with Crippen LogP contribution in [0.3, 0.4) is 0 Å². The van der Waals surface area contributed by atoms with Crippen molar-refractivity contribution in [3.63, 3.8) is 0 Å². The number of hydrogen-bond donors (Lipinski definition) is 2. The Morgan fingerprint density at radius 1 is 1.04 bits per heavy atom. The van der Waals surface area contributed by atoms with Crippen molar-refractivity contribution < 1.29 is 4.79 Å². The molecule has 4 rings (SSSR count). The molecule has 1 amide bonds. The highest BCUT2D eigenvalue weighted by molar-refractivity contribution is 6.05. The number of benzene rings is 2. The first-order valence-electron chi connectivity index (χ1n) is 7.87. The molecule has 1 aliphatic rings. The van der Waals surface area contributed by atoms with Gasteiger partial charge in [-0.2, -0.15) is 10.2 Å². The van der Waals surface area contributed by atoms with Gasteiger partial charge in [-0.3, -0.25) is 9.89 Å². The predicted octanol–water partition coefficient (Wildman–Crippen LogP) is 3.16. The summed E-state index contributed by atoms with van der Waals surface area (Å²) in [6.45, 7) is 0. The van der Waals surface area contributed by atoms with Crippen molar-refractivity contribution in [1.29, 1.82) is 0 Å². The van der Waals surface area contributed by atoms with E-state index in [4.69, 9.17) is 0 Å². The van der Waals surface area contributed by atoms with Crippen LogP contribution >= 0.6 is 0 Å². The average Bonchev–Trinajstić information content (AvgIpc) is 3.28. The van der Waals surface area contributed by atoms with Gasteiger partial charge in [-0.15, -0.1) is 0 Å². The van der Waals surface area contributed by atoms with Gasteiger partial charge in [-0.1, -0.05) is 54.6 Å². The monoisotopic (exact) mass is 316 g/mol. The van der Waals surface area contributed by atoms with Crippen molar-refractivity contribution in [3.05, 3.63) is 77.5 Å². The zero-order chi connectivity index (χ0) is 16.4. The quantitative estimate of drug-likeness (QED) is 0.729. The van der Waals surface area contributed by atoms with Crippen LogP contribution in [0.2, 0.25) is 0 Å². The normalized spacial score (nSPS) is 14.6. The van der Waals surface area contributed by atoms with E-state index >= 15 is 0 Å². The topological polar surface area (TPSA) is 70.1 Å². The first-order valence-corrected chi connectivity index (χ1v) is 7.87. The highest BCUT2D eigenvalue weighted by Gasteiger charge is 2.17. The third kappa shape index (κ3) is 2.72. The lowest BCUT2D eigenvalue weighted by molar-refractivity contribution is 0.0950. The van der Waals surface area contributed by atoms with E-state index in [9.17, 15) is 4.79 Å². The van der Waals surface area contributed by atoms with Crippen LogP contribution in [0.25, 0.3) is 11.3 Å². The van der Waals surface area contributed by atoms with Gasteiger partial charge in [-0.25, -0.2) is 5.43 Å².